The molecule has 1 amide bonds. The largest absolute Gasteiger partial charge is 0.424 e. The van der Waals surface area contributed by atoms with Crippen LogP contribution in [0.25, 0.3) is 0 Å². The van der Waals surface area contributed by atoms with Gasteiger partial charge in [0.25, 0.3) is 0 Å². The molecule has 23 heavy (non-hydrogen) atoms. The highest BCUT2D eigenvalue weighted by molar-refractivity contribution is 7.07. The summed E-state index contributed by atoms with van der Waals surface area (Å²) in [4.78, 5) is 21.4. The summed E-state index contributed by atoms with van der Waals surface area (Å²) in [6.45, 7) is 4.66. The van der Waals surface area contributed by atoms with Gasteiger partial charge in [-0.05, 0) is 12.8 Å². The van der Waals surface area contributed by atoms with Crippen LogP contribution in [0.2, 0.25) is 0 Å². The number of aromatic nitrogens is 3. The van der Waals surface area contributed by atoms with E-state index in [-0.39, 0.29) is 17.9 Å². The van der Waals surface area contributed by atoms with Gasteiger partial charge in [0, 0.05) is 31.4 Å². The maximum atomic E-state index is 12.8. The second-order valence-corrected chi connectivity index (χ2v) is 7.00. The summed E-state index contributed by atoms with van der Waals surface area (Å²) in [6, 6.07) is 0.243. The molecule has 0 spiro atoms. The third kappa shape index (κ3) is 3.00. The van der Waals surface area contributed by atoms with Crippen molar-refractivity contribution in [3.63, 3.8) is 0 Å². The SMILES string of the molecule is Cc1nnc(CN2C[C@H]3CC[C@@H](C2)N(Cc2cscn2)C3=O)o1. The second kappa shape index (κ2) is 6.01. The average molecular weight is 333 g/mol. The van der Waals surface area contributed by atoms with Gasteiger partial charge in [0.15, 0.2) is 0 Å². The molecule has 0 N–H and O–H groups in total. The summed E-state index contributed by atoms with van der Waals surface area (Å²) in [5.41, 5.74) is 2.80. The number of amides is 1. The van der Waals surface area contributed by atoms with Crippen molar-refractivity contribution in [3.05, 3.63) is 28.4 Å². The lowest BCUT2D eigenvalue weighted by molar-refractivity contribution is -0.140. The van der Waals surface area contributed by atoms with Crippen molar-refractivity contribution in [2.75, 3.05) is 13.1 Å². The quantitative estimate of drug-likeness (QED) is 0.843. The van der Waals surface area contributed by atoms with E-state index in [4.69, 9.17) is 4.42 Å². The van der Waals surface area contributed by atoms with E-state index < -0.39 is 0 Å². The van der Waals surface area contributed by atoms with Crippen molar-refractivity contribution in [3.8, 4) is 0 Å². The lowest BCUT2D eigenvalue weighted by atomic mass is 9.94. The van der Waals surface area contributed by atoms with Crippen LogP contribution < -0.4 is 0 Å². The van der Waals surface area contributed by atoms with Crippen LogP contribution in [0.1, 0.15) is 30.3 Å². The van der Waals surface area contributed by atoms with Crippen LogP contribution in [0, 0.1) is 12.8 Å². The summed E-state index contributed by atoms with van der Waals surface area (Å²) < 4.78 is 5.49. The van der Waals surface area contributed by atoms with Crippen molar-refractivity contribution in [2.45, 2.75) is 38.9 Å². The normalized spacial score (nSPS) is 25.1. The molecule has 5 heterocycles. The molecule has 3 aliphatic heterocycles. The number of hydrogen-bond donors (Lipinski definition) is 0. The molecule has 0 saturated carbocycles. The zero-order chi connectivity index (χ0) is 15.8. The predicted octanol–water partition coefficient (Wildman–Crippen LogP) is 1.46. The Labute approximate surface area is 138 Å². The van der Waals surface area contributed by atoms with Gasteiger partial charge in [0.1, 0.15) is 0 Å². The molecule has 2 atom stereocenters. The highest BCUT2D eigenvalue weighted by atomic mass is 32.1. The molecule has 7 nitrogen and oxygen atoms in total. The Kier molecular flexibility index (Phi) is 3.86. The zero-order valence-electron chi connectivity index (χ0n) is 13.0. The zero-order valence-corrected chi connectivity index (χ0v) is 13.8. The molecule has 2 aromatic heterocycles. The van der Waals surface area contributed by atoms with Gasteiger partial charge in [0.05, 0.1) is 30.2 Å². The van der Waals surface area contributed by atoms with Gasteiger partial charge in [-0.1, -0.05) is 0 Å². The molecule has 0 aromatic carbocycles. The Bertz CT molecular complexity index is 686. The third-order valence-electron chi connectivity index (χ3n) is 4.61. The van der Waals surface area contributed by atoms with Crippen LogP contribution in [0.15, 0.2) is 15.3 Å². The highest BCUT2D eigenvalue weighted by Crippen LogP contribution is 2.30. The Morgan fingerprint density at radius 2 is 2.22 bits per heavy atom. The van der Waals surface area contributed by atoms with Gasteiger partial charge in [-0.2, -0.15) is 0 Å². The fourth-order valence-corrected chi connectivity index (χ4v) is 4.10. The van der Waals surface area contributed by atoms with Crippen LogP contribution in [-0.2, 0) is 17.9 Å². The molecule has 2 bridgehead atoms. The Hall–Kier alpha value is -1.80. The van der Waals surface area contributed by atoms with Crippen molar-refractivity contribution < 1.29 is 9.21 Å². The average Bonchev–Trinajstić information content (AvgIpc) is 3.10. The van der Waals surface area contributed by atoms with E-state index in [0.29, 0.717) is 24.9 Å². The first kappa shape index (κ1) is 14.8. The molecule has 3 aliphatic rings. The van der Waals surface area contributed by atoms with Gasteiger partial charge in [-0.25, -0.2) is 4.98 Å². The number of carbonyl (C=O) groups excluding carboxylic acids is 1. The van der Waals surface area contributed by atoms with Gasteiger partial charge < -0.3 is 9.32 Å². The summed E-state index contributed by atoms with van der Waals surface area (Å²) >= 11 is 1.57. The third-order valence-corrected chi connectivity index (χ3v) is 5.25. The minimum Gasteiger partial charge on any atom is -0.424 e. The molecule has 122 valence electrons. The van der Waals surface area contributed by atoms with E-state index >= 15 is 0 Å². The van der Waals surface area contributed by atoms with Crippen LogP contribution in [0.3, 0.4) is 0 Å². The second-order valence-electron chi connectivity index (χ2n) is 6.28. The van der Waals surface area contributed by atoms with E-state index in [2.05, 4.69) is 20.1 Å². The van der Waals surface area contributed by atoms with E-state index in [1.54, 1.807) is 18.3 Å². The van der Waals surface area contributed by atoms with E-state index in [1.165, 1.54) is 0 Å². The standard InChI is InChI=1S/C15H19N5O2S/c1-10-17-18-14(22-10)7-19-4-11-2-3-13(6-19)20(15(11)21)5-12-8-23-9-16-12/h8-9,11,13H,2-7H2,1H3/t11-,13+/m1/s1. The van der Waals surface area contributed by atoms with Gasteiger partial charge in [-0.3, -0.25) is 9.69 Å². The number of hydrogen-bond acceptors (Lipinski definition) is 7. The van der Waals surface area contributed by atoms with E-state index in [9.17, 15) is 4.79 Å². The summed E-state index contributed by atoms with van der Waals surface area (Å²) in [5, 5.41) is 9.97. The van der Waals surface area contributed by atoms with Gasteiger partial charge in [-0.15, -0.1) is 21.5 Å². The lowest BCUT2D eigenvalue weighted by Crippen LogP contribution is -2.47. The number of carbonyl (C=O) groups is 1. The smallest absolute Gasteiger partial charge is 0.230 e. The number of fused-ring (bicyclic) bond motifs is 4. The maximum absolute atomic E-state index is 12.8. The highest BCUT2D eigenvalue weighted by Gasteiger charge is 2.40. The molecule has 8 heteroatoms. The Morgan fingerprint density at radius 3 is 2.96 bits per heavy atom. The van der Waals surface area contributed by atoms with Crippen LogP contribution in [0.5, 0.6) is 0 Å². The van der Waals surface area contributed by atoms with Crippen LogP contribution in [-0.4, -0.2) is 50.0 Å². The molecule has 0 radical (unpaired) electrons. The molecule has 3 fully saturated rings. The van der Waals surface area contributed by atoms with Crippen molar-refractivity contribution >= 4 is 17.2 Å². The van der Waals surface area contributed by atoms with Crippen molar-refractivity contribution in [1.82, 2.24) is 25.0 Å². The predicted molar refractivity (Wildman–Crippen MR) is 83.5 cm³/mol. The summed E-state index contributed by atoms with van der Waals surface area (Å²) in [7, 11) is 0. The fourth-order valence-electron chi connectivity index (χ4n) is 3.55. The Balaban J connectivity index is 1.50. The first-order valence-electron chi connectivity index (χ1n) is 7.88. The van der Waals surface area contributed by atoms with Gasteiger partial charge >= 0.3 is 0 Å². The Morgan fingerprint density at radius 1 is 1.30 bits per heavy atom. The number of piperidine rings is 1. The first-order chi connectivity index (χ1) is 11.2. The molecule has 0 unspecified atom stereocenters. The number of aryl methyl sites for hydroxylation is 1. The minimum atomic E-state index is 0.0661. The van der Waals surface area contributed by atoms with Crippen molar-refractivity contribution in [2.24, 2.45) is 5.92 Å². The molecule has 5 rings (SSSR count). The van der Waals surface area contributed by atoms with E-state index in [1.807, 2.05) is 15.8 Å². The summed E-state index contributed by atoms with van der Waals surface area (Å²) in [6.07, 6.45) is 2.02. The van der Waals surface area contributed by atoms with Crippen LogP contribution >= 0.6 is 11.3 Å². The topological polar surface area (TPSA) is 75.4 Å². The van der Waals surface area contributed by atoms with E-state index in [0.717, 1.165) is 31.6 Å². The maximum Gasteiger partial charge on any atom is 0.230 e. The van der Waals surface area contributed by atoms with Crippen LogP contribution in [0.4, 0.5) is 0 Å². The molecular weight excluding hydrogens is 314 g/mol. The molecule has 2 aromatic rings. The van der Waals surface area contributed by atoms with Crippen molar-refractivity contribution in [1.29, 1.82) is 0 Å². The minimum absolute atomic E-state index is 0.0661. The molecule has 3 saturated heterocycles. The number of thiazole rings is 1. The molecular formula is C15H19N5O2S. The first-order valence-corrected chi connectivity index (χ1v) is 8.82. The van der Waals surface area contributed by atoms with Gasteiger partial charge in [0.2, 0.25) is 17.7 Å². The lowest BCUT2D eigenvalue weighted by Gasteiger charge is -2.35. The fraction of sp³-hybridized carbons (Fsp3) is 0.600. The number of rotatable bonds is 4. The summed E-state index contributed by atoms with van der Waals surface area (Å²) in [5.74, 6) is 1.54. The number of nitrogens with zero attached hydrogens (tertiary/aromatic N) is 5. The monoisotopic (exact) mass is 333 g/mol. The molecule has 0 aliphatic carbocycles.